The smallest absolute Gasteiger partial charge is 0.0720 e. The Kier molecular flexibility index (Phi) is 8.83. The summed E-state index contributed by atoms with van der Waals surface area (Å²) < 4.78 is 12.0. The summed E-state index contributed by atoms with van der Waals surface area (Å²) >= 11 is 0. The molecule has 132 valence electrons. The van der Waals surface area contributed by atoms with Crippen LogP contribution < -0.4 is 0 Å². The Labute approximate surface area is 152 Å². The lowest BCUT2D eigenvalue weighted by Gasteiger charge is -2.20. The number of rotatable bonds is 10. The Morgan fingerprint density at radius 3 is 2.08 bits per heavy atom. The van der Waals surface area contributed by atoms with Crippen molar-refractivity contribution in [2.45, 2.75) is 46.0 Å². The Bertz CT molecular complexity index is 640. The molecule has 0 unspecified atom stereocenters. The average molecular weight is 336 g/mol. The Balaban J connectivity index is 1.79. The highest BCUT2D eigenvalue weighted by Gasteiger charge is 2.13. The molecule has 0 aromatic heterocycles. The molecule has 0 spiro atoms. The van der Waals surface area contributed by atoms with Crippen molar-refractivity contribution < 1.29 is 9.47 Å². The van der Waals surface area contributed by atoms with E-state index in [9.17, 15) is 0 Å². The van der Waals surface area contributed by atoms with Crippen molar-refractivity contribution in [2.24, 2.45) is 5.92 Å². The van der Waals surface area contributed by atoms with Gasteiger partial charge in [-0.1, -0.05) is 67.6 Å². The van der Waals surface area contributed by atoms with Gasteiger partial charge >= 0.3 is 0 Å². The largest absolute Gasteiger partial charge is 0.377 e. The summed E-state index contributed by atoms with van der Waals surface area (Å²) in [5.41, 5.74) is 2.40. The van der Waals surface area contributed by atoms with Crippen LogP contribution in [0.5, 0.6) is 0 Å². The molecule has 0 aliphatic rings. The van der Waals surface area contributed by atoms with Crippen molar-refractivity contribution in [3.05, 3.63) is 71.8 Å². The van der Waals surface area contributed by atoms with Crippen LogP contribution in [0, 0.1) is 17.8 Å². The molecule has 2 atom stereocenters. The molecule has 0 saturated carbocycles. The quantitative estimate of drug-likeness (QED) is 0.437. The lowest BCUT2D eigenvalue weighted by molar-refractivity contribution is 0.000383. The van der Waals surface area contributed by atoms with Gasteiger partial charge in [0, 0.05) is 12.5 Å². The monoisotopic (exact) mass is 336 g/mol. The van der Waals surface area contributed by atoms with Gasteiger partial charge in [0.25, 0.3) is 0 Å². The van der Waals surface area contributed by atoms with Gasteiger partial charge in [0.05, 0.1) is 19.3 Å². The predicted octanol–water partition coefficient (Wildman–Crippen LogP) is 5.23. The topological polar surface area (TPSA) is 18.5 Å². The SMILES string of the molecule is CC#C[C@H](C)C[C@H](CCOCc1ccccc1)OCc1ccccc1. The van der Waals surface area contributed by atoms with Gasteiger partial charge < -0.3 is 9.47 Å². The molecule has 2 nitrogen and oxygen atoms in total. The number of ether oxygens (including phenoxy) is 2. The minimum atomic E-state index is 0.159. The zero-order valence-corrected chi connectivity index (χ0v) is 15.3. The fraction of sp³-hybridized carbons (Fsp3) is 0.391. The average Bonchev–Trinajstić information content (AvgIpc) is 2.65. The molecular formula is C23H28O2. The van der Waals surface area contributed by atoms with E-state index in [-0.39, 0.29) is 6.10 Å². The molecule has 0 bridgehead atoms. The first kappa shape index (κ1) is 19.2. The van der Waals surface area contributed by atoms with E-state index in [4.69, 9.17) is 9.47 Å². The normalized spacial score (nSPS) is 12.9. The lowest BCUT2D eigenvalue weighted by atomic mass is 10.0. The summed E-state index contributed by atoms with van der Waals surface area (Å²) in [4.78, 5) is 0. The molecule has 2 rings (SSSR count). The van der Waals surface area contributed by atoms with Crippen molar-refractivity contribution in [3.63, 3.8) is 0 Å². The third-order valence-electron chi connectivity index (χ3n) is 4.03. The molecule has 0 aliphatic heterocycles. The van der Waals surface area contributed by atoms with E-state index in [0.29, 0.717) is 25.7 Å². The van der Waals surface area contributed by atoms with Crippen molar-refractivity contribution in [3.8, 4) is 11.8 Å². The van der Waals surface area contributed by atoms with E-state index in [1.807, 2.05) is 43.3 Å². The molecule has 0 saturated heterocycles. The second kappa shape index (κ2) is 11.5. The third kappa shape index (κ3) is 8.03. The summed E-state index contributed by atoms with van der Waals surface area (Å²) in [5, 5.41) is 0. The maximum atomic E-state index is 6.15. The van der Waals surface area contributed by atoms with E-state index in [2.05, 4.69) is 43.0 Å². The molecule has 0 fully saturated rings. The van der Waals surface area contributed by atoms with Gasteiger partial charge in [-0.05, 0) is 30.9 Å². The van der Waals surface area contributed by atoms with Crippen LogP contribution in [0.2, 0.25) is 0 Å². The minimum absolute atomic E-state index is 0.159. The Hall–Kier alpha value is -2.08. The zero-order valence-electron chi connectivity index (χ0n) is 15.3. The first-order valence-electron chi connectivity index (χ1n) is 8.97. The standard InChI is InChI=1S/C23H28O2/c1-3-10-20(2)17-23(25-19-22-13-8-5-9-14-22)15-16-24-18-21-11-6-4-7-12-21/h4-9,11-14,20,23H,15-19H2,1-2H3/t20-,23-/m0/s1. The van der Waals surface area contributed by atoms with Gasteiger partial charge in [0.1, 0.15) is 0 Å². The summed E-state index contributed by atoms with van der Waals surface area (Å²) in [5.74, 6) is 6.55. The molecule has 0 N–H and O–H groups in total. The molecule has 2 heteroatoms. The van der Waals surface area contributed by atoms with Crippen LogP contribution in [0.1, 0.15) is 37.8 Å². The van der Waals surface area contributed by atoms with Crippen molar-refractivity contribution in [1.82, 2.24) is 0 Å². The van der Waals surface area contributed by atoms with Crippen LogP contribution >= 0.6 is 0 Å². The van der Waals surface area contributed by atoms with Crippen LogP contribution in [0.25, 0.3) is 0 Å². The van der Waals surface area contributed by atoms with Crippen LogP contribution in [0.4, 0.5) is 0 Å². The van der Waals surface area contributed by atoms with Crippen molar-refractivity contribution in [2.75, 3.05) is 6.61 Å². The second-order valence-electron chi connectivity index (χ2n) is 6.28. The summed E-state index contributed by atoms with van der Waals surface area (Å²) in [6, 6.07) is 20.6. The molecule has 0 aliphatic carbocycles. The molecule has 0 amide bonds. The third-order valence-corrected chi connectivity index (χ3v) is 4.03. The van der Waals surface area contributed by atoms with E-state index in [0.717, 1.165) is 12.8 Å². The Morgan fingerprint density at radius 1 is 0.880 bits per heavy atom. The second-order valence-corrected chi connectivity index (χ2v) is 6.28. The lowest BCUT2D eigenvalue weighted by Crippen LogP contribution is -2.18. The predicted molar refractivity (Wildman–Crippen MR) is 103 cm³/mol. The number of hydrogen-bond donors (Lipinski definition) is 0. The molecule has 2 aromatic carbocycles. The highest BCUT2D eigenvalue weighted by atomic mass is 16.5. The van der Waals surface area contributed by atoms with Gasteiger partial charge in [-0.2, -0.15) is 0 Å². The molecule has 2 aromatic rings. The number of benzene rings is 2. The first-order valence-corrected chi connectivity index (χ1v) is 8.97. The summed E-state index contributed by atoms with van der Waals surface area (Å²) in [6.07, 6.45) is 1.98. The highest BCUT2D eigenvalue weighted by Crippen LogP contribution is 2.15. The van der Waals surface area contributed by atoms with E-state index in [1.165, 1.54) is 11.1 Å². The van der Waals surface area contributed by atoms with Gasteiger partial charge in [-0.15, -0.1) is 11.8 Å². The zero-order chi connectivity index (χ0) is 17.7. The molecule has 25 heavy (non-hydrogen) atoms. The molecular weight excluding hydrogens is 308 g/mol. The van der Waals surface area contributed by atoms with Crippen LogP contribution in [0.15, 0.2) is 60.7 Å². The van der Waals surface area contributed by atoms with Crippen LogP contribution in [0.3, 0.4) is 0 Å². The fourth-order valence-corrected chi connectivity index (χ4v) is 2.74. The van der Waals surface area contributed by atoms with Crippen molar-refractivity contribution >= 4 is 0 Å². The summed E-state index contributed by atoms with van der Waals surface area (Å²) in [7, 11) is 0. The van der Waals surface area contributed by atoms with Crippen LogP contribution in [-0.2, 0) is 22.7 Å². The van der Waals surface area contributed by atoms with E-state index in [1.54, 1.807) is 0 Å². The molecule has 0 heterocycles. The minimum Gasteiger partial charge on any atom is -0.377 e. The van der Waals surface area contributed by atoms with E-state index >= 15 is 0 Å². The maximum absolute atomic E-state index is 6.15. The van der Waals surface area contributed by atoms with E-state index < -0.39 is 0 Å². The number of hydrogen-bond acceptors (Lipinski definition) is 2. The van der Waals surface area contributed by atoms with Gasteiger partial charge in [-0.3, -0.25) is 0 Å². The first-order chi connectivity index (χ1) is 12.3. The maximum Gasteiger partial charge on any atom is 0.0720 e. The van der Waals surface area contributed by atoms with Crippen molar-refractivity contribution in [1.29, 1.82) is 0 Å². The van der Waals surface area contributed by atoms with Gasteiger partial charge in [0.15, 0.2) is 0 Å². The van der Waals surface area contributed by atoms with Gasteiger partial charge in [-0.25, -0.2) is 0 Å². The fourth-order valence-electron chi connectivity index (χ4n) is 2.74. The molecule has 0 radical (unpaired) electrons. The Morgan fingerprint density at radius 2 is 1.48 bits per heavy atom. The van der Waals surface area contributed by atoms with Crippen LogP contribution in [-0.4, -0.2) is 12.7 Å². The summed E-state index contributed by atoms with van der Waals surface area (Å²) in [6.45, 7) is 6.02. The highest BCUT2D eigenvalue weighted by molar-refractivity contribution is 5.14. The van der Waals surface area contributed by atoms with Gasteiger partial charge in [0.2, 0.25) is 0 Å².